The van der Waals surface area contributed by atoms with Gasteiger partial charge in [0.2, 0.25) is 0 Å². The zero-order chi connectivity index (χ0) is 16.4. The number of fused-ring (bicyclic) bond motifs is 1. The Morgan fingerprint density at radius 1 is 1.00 bits per heavy atom. The summed E-state index contributed by atoms with van der Waals surface area (Å²) in [7, 11) is 0. The second kappa shape index (κ2) is 6.85. The number of hydrogen-bond acceptors (Lipinski definition) is 4. The minimum absolute atomic E-state index is 0.698. The van der Waals surface area contributed by atoms with Crippen LogP contribution in [0.25, 0.3) is 22.2 Å². The Morgan fingerprint density at radius 2 is 1.79 bits per heavy atom. The highest BCUT2D eigenvalue weighted by Gasteiger charge is 2.15. The van der Waals surface area contributed by atoms with E-state index in [1.54, 1.807) is 0 Å². The monoisotopic (exact) mass is 339 g/mol. The van der Waals surface area contributed by atoms with Crippen LogP contribution in [0.2, 0.25) is 5.02 Å². The number of rotatable bonds is 3. The Balaban J connectivity index is 1.80. The molecule has 5 heteroatoms. The molecule has 4 rings (SSSR count). The van der Waals surface area contributed by atoms with E-state index in [-0.39, 0.29) is 0 Å². The van der Waals surface area contributed by atoms with Crippen molar-refractivity contribution in [2.24, 2.45) is 0 Å². The van der Waals surface area contributed by atoms with Crippen LogP contribution in [0.4, 0.5) is 0 Å². The van der Waals surface area contributed by atoms with Gasteiger partial charge in [-0.3, -0.25) is 4.90 Å². The lowest BCUT2D eigenvalue weighted by Crippen LogP contribution is -2.36. The fraction of sp³-hybridized carbons (Fsp3) is 0.263. The summed E-state index contributed by atoms with van der Waals surface area (Å²) in [6, 6.07) is 16.0. The van der Waals surface area contributed by atoms with Crippen LogP contribution in [0.15, 0.2) is 48.5 Å². The minimum atomic E-state index is 0.698. The van der Waals surface area contributed by atoms with Gasteiger partial charge in [-0.25, -0.2) is 9.97 Å². The summed E-state index contributed by atoms with van der Waals surface area (Å²) in [5, 5.41) is 1.68. The molecule has 2 aromatic carbocycles. The highest BCUT2D eigenvalue weighted by molar-refractivity contribution is 6.31. The van der Waals surface area contributed by atoms with Crippen LogP contribution in [0.3, 0.4) is 0 Å². The highest BCUT2D eigenvalue weighted by atomic mass is 35.5. The largest absolute Gasteiger partial charge is 0.379 e. The lowest BCUT2D eigenvalue weighted by Gasteiger charge is -2.26. The Kier molecular flexibility index (Phi) is 4.43. The van der Waals surface area contributed by atoms with Gasteiger partial charge in [0.25, 0.3) is 0 Å². The predicted octanol–water partition coefficient (Wildman–Crippen LogP) is 3.78. The van der Waals surface area contributed by atoms with Gasteiger partial charge in [-0.1, -0.05) is 41.9 Å². The molecule has 0 radical (unpaired) electrons. The number of hydrogen-bond donors (Lipinski definition) is 0. The number of halogens is 1. The molecule has 0 unspecified atom stereocenters. The van der Waals surface area contributed by atoms with E-state index in [9.17, 15) is 0 Å². The van der Waals surface area contributed by atoms with Crippen molar-refractivity contribution in [3.63, 3.8) is 0 Å². The summed E-state index contributed by atoms with van der Waals surface area (Å²) in [6.07, 6.45) is 0. The SMILES string of the molecule is Clc1ccc2nc(CN3CCOCC3)nc(-c3ccccc3)c2c1. The van der Waals surface area contributed by atoms with E-state index in [2.05, 4.69) is 17.0 Å². The van der Waals surface area contributed by atoms with Gasteiger partial charge in [-0.15, -0.1) is 0 Å². The maximum Gasteiger partial charge on any atom is 0.143 e. The molecule has 1 aromatic heterocycles. The molecule has 1 fully saturated rings. The number of benzene rings is 2. The molecule has 0 amide bonds. The van der Waals surface area contributed by atoms with Gasteiger partial charge in [-0.2, -0.15) is 0 Å². The first kappa shape index (κ1) is 15.5. The van der Waals surface area contributed by atoms with Gasteiger partial charge >= 0.3 is 0 Å². The van der Waals surface area contributed by atoms with Crippen molar-refractivity contribution in [1.82, 2.24) is 14.9 Å². The van der Waals surface area contributed by atoms with Crippen LogP contribution in [-0.4, -0.2) is 41.2 Å². The Hall–Kier alpha value is -2.01. The van der Waals surface area contributed by atoms with E-state index in [0.717, 1.165) is 60.8 Å². The van der Waals surface area contributed by atoms with Gasteiger partial charge in [0.15, 0.2) is 0 Å². The first-order valence-corrected chi connectivity index (χ1v) is 8.49. The first-order valence-electron chi connectivity index (χ1n) is 8.11. The number of aromatic nitrogens is 2. The average Bonchev–Trinajstić information content (AvgIpc) is 2.63. The van der Waals surface area contributed by atoms with Gasteiger partial charge in [0.1, 0.15) is 5.82 Å². The lowest BCUT2D eigenvalue weighted by molar-refractivity contribution is 0.0331. The third-order valence-corrected chi connectivity index (χ3v) is 4.46. The smallest absolute Gasteiger partial charge is 0.143 e. The molecule has 0 bridgehead atoms. The van der Waals surface area contributed by atoms with E-state index in [1.807, 2.05) is 36.4 Å². The van der Waals surface area contributed by atoms with Crippen molar-refractivity contribution in [2.45, 2.75) is 6.54 Å². The molecule has 1 aliphatic rings. The van der Waals surface area contributed by atoms with E-state index in [4.69, 9.17) is 26.3 Å². The Morgan fingerprint density at radius 3 is 2.58 bits per heavy atom. The molecule has 0 atom stereocenters. The van der Waals surface area contributed by atoms with Crippen molar-refractivity contribution in [2.75, 3.05) is 26.3 Å². The standard InChI is InChI=1S/C19H18ClN3O/c20-15-6-7-17-16(12-15)19(14-4-2-1-3-5-14)22-18(21-17)13-23-8-10-24-11-9-23/h1-7,12H,8-11,13H2. The molecule has 2 heterocycles. The molecule has 0 spiro atoms. The van der Waals surface area contributed by atoms with Crippen LogP contribution >= 0.6 is 11.6 Å². The van der Waals surface area contributed by atoms with Gasteiger partial charge < -0.3 is 4.74 Å². The maximum atomic E-state index is 6.20. The molecule has 1 aliphatic heterocycles. The quantitative estimate of drug-likeness (QED) is 0.728. The molecule has 24 heavy (non-hydrogen) atoms. The summed E-state index contributed by atoms with van der Waals surface area (Å²) >= 11 is 6.20. The maximum absolute atomic E-state index is 6.20. The van der Waals surface area contributed by atoms with Gasteiger partial charge in [-0.05, 0) is 18.2 Å². The molecule has 122 valence electrons. The minimum Gasteiger partial charge on any atom is -0.379 e. The van der Waals surface area contributed by atoms with E-state index in [0.29, 0.717) is 5.02 Å². The van der Waals surface area contributed by atoms with Crippen LogP contribution in [0.5, 0.6) is 0 Å². The molecule has 1 saturated heterocycles. The fourth-order valence-corrected chi connectivity index (χ4v) is 3.17. The molecule has 0 aliphatic carbocycles. The number of morpholine rings is 1. The van der Waals surface area contributed by atoms with Gasteiger partial charge in [0, 0.05) is 29.1 Å². The summed E-state index contributed by atoms with van der Waals surface area (Å²) in [4.78, 5) is 11.9. The fourth-order valence-electron chi connectivity index (χ4n) is 2.99. The second-order valence-electron chi connectivity index (χ2n) is 5.90. The second-order valence-corrected chi connectivity index (χ2v) is 6.34. The third kappa shape index (κ3) is 3.26. The third-order valence-electron chi connectivity index (χ3n) is 4.22. The molecule has 3 aromatic rings. The van der Waals surface area contributed by atoms with Crippen LogP contribution < -0.4 is 0 Å². The van der Waals surface area contributed by atoms with Crippen LogP contribution in [0.1, 0.15) is 5.82 Å². The zero-order valence-corrected chi connectivity index (χ0v) is 14.0. The predicted molar refractivity (Wildman–Crippen MR) is 96.1 cm³/mol. The van der Waals surface area contributed by atoms with E-state index in [1.165, 1.54) is 0 Å². The van der Waals surface area contributed by atoms with E-state index >= 15 is 0 Å². The summed E-state index contributed by atoms with van der Waals surface area (Å²) in [6.45, 7) is 4.12. The topological polar surface area (TPSA) is 38.2 Å². The van der Waals surface area contributed by atoms with Crippen molar-refractivity contribution < 1.29 is 4.74 Å². The number of nitrogens with zero attached hydrogens (tertiary/aromatic N) is 3. The molecule has 0 N–H and O–H groups in total. The van der Waals surface area contributed by atoms with Crippen molar-refractivity contribution in [3.8, 4) is 11.3 Å². The molecular formula is C19H18ClN3O. The van der Waals surface area contributed by atoms with Gasteiger partial charge in [0.05, 0.1) is 31.0 Å². The summed E-state index contributed by atoms with van der Waals surface area (Å²) < 4.78 is 5.42. The first-order chi connectivity index (χ1) is 11.8. The summed E-state index contributed by atoms with van der Waals surface area (Å²) in [5.74, 6) is 0.838. The van der Waals surface area contributed by atoms with Crippen LogP contribution in [0, 0.1) is 0 Å². The lowest BCUT2D eigenvalue weighted by atomic mass is 10.1. The van der Waals surface area contributed by atoms with Crippen molar-refractivity contribution >= 4 is 22.5 Å². The molecule has 4 nitrogen and oxygen atoms in total. The molecular weight excluding hydrogens is 322 g/mol. The van der Waals surface area contributed by atoms with Crippen molar-refractivity contribution in [3.05, 3.63) is 59.4 Å². The zero-order valence-electron chi connectivity index (χ0n) is 13.3. The van der Waals surface area contributed by atoms with Crippen molar-refractivity contribution in [1.29, 1.82) is 0 Å². The average molecular weight is 340 g/mol. The Bertz CT molecular complexity index is 848. The highest BCUT2D eigenvalue weighted by Crippen LogP contribution is 2.28. The van der Waals surface area contributed by atoms with E-state index < -0.39 is 0 Å². The molecule has 0 saturated carbocycles. The summed E-state index contributed by atoms with van der Waals surface area (Å²) in [5.41, 5.74) is 2.94. The normalized spacial score (nSPS) is 15.7. The van der Waals surface area contributed by atoms with Crippen LogP contribution in [-0.2, 0) is 11.3 Å². The Labute approximate surface area is 146 Å². The number of ether oxygens (including phenoxy) is 1.